The molecule has 0 aliphatic rings. The van der Waals surface area contributed by atoms with Crippen molar-refractivity contribution in [2.75, 3.05) is 0 Å². The van der Waals surface area contributed by atoms with Gasteiger partial charge in [-0.25, -0.2) is 15.0 Å². The molecule has 0 bridgehead atoms. The Labute approximate surface area is 282 Å². The largest absolute Gasteiger partial charge is 0.208 e. The molecule has 0 aliphatic carbocycles. The molecule has 0 spiro atoms. The average Bonchev–Trinajstić information content (AvgIpc) is 3.17. The van der Waals surface area contributed by atoms with Crippen molar-refractivity contribution in [2.45, 2.75) is 13.8 Å². The fraction of sp³-hybridized carbons (Fsp3) is 0.0444. The van der Waals surface area contributed by atoms with E-state index in [0.29, 0.717) is 17.5 Å². The molecule has 0 unspecified atom stereocenters. The van der Waals surface area contributed by atoms with Gasteiger partial charge in [0.05, 0.1) is 0 Å². The Morgan fingerprint density at radius 3 is 1.12 bits per heavy atom. The van der Waals surface area contributed by atoms with Gasteiger partial charge in [-0.1, -0.05) is 140 Å². The Morgan fingerprint density at radius 2 is 0.708 bits per heavy atom. The van der Waals surface area contributed by atoms with Gasteiger partial charge in [-0.3, -0.25) is 0 Å². The van der Waals surface area contributed by atoms with Crippen LogP contribution < -0.4 is 0 Å². The highest BCUT2D eigenvalue weighted by atomic mass is 15.0. The maximum Gasteiger partial charge on any atom is 0.164 e. The van der Waals surface area contributed by atoms with Gasteiger partial charge < -0.3 is 0 Å². The molecule has 1 heterocycles. The fourth-order valence-corrected chi connectivity index (χ4v) is 5.96. The molecular formula is C45H35N3. The number of benzene rings is 6. The molecule has 6 aromatic carbocycles. The molecule has 0 amide bonds. The highest BCUT2D eigenvalue weighted by molar-refractivity contribution is 5.83. The van der Waals surface area contributed by atoms with Gasteiger partial charge in [-0.2, -0.15) is 0 Å². The zero-order chi connectivity index (χ0) is 32.7. The second kappa shape index (κ2) is 14.1. The zero-order valence-corrected chi connectivity index (χ0v) is 27.1. The average molecular weight is 618 g/mol. The molecule has 0 saturated heterocycles. The van der Waals surface area contributed by atoms with E-state index in [9.17, 15) is 0 Å². The molecule has 0 fully saturated rings. The SMILES string of the molecule is CC=CC(=CC)c1cc(-c2ccccc2)cc(-c2nc(-c3ccccc3)nc(-c3cc(-c4ccccc4)cc(-c4ccccc4)c3)n2)c1. The lowest BCUT2D eigenvalue weighted by Gasteiger charge is -2.14. The fourth-order valence-electron chi connectivity index (χ4n) is 5.96. The van der Waals surface area contributed by atoms with Gasteiger partial charge in [0.2, 0.25) is 0 Å². The van der Waals surface area contributed by atoms with E-state index in [1.54, 1.807) is 0 Å². The number of hydrogen-bond acceptors (Lipinski definition) is 3. The summed E-state index contributed by atoms with van der Waals surface area (Å²) in [7, 11) is 0. The zero-order valence-electron chi connectivity index (χ0n) is 27.1. The van der Waals surface area contributed by atoms with Gasteiger partial charge in [0.25, 0.3) is 0 Å². The van der Waals surface area contributed by atoms with E-state index in [0.717, 1.165) is 61.2 Å². The lowest BCUT2D eigenvalue weighted by molar-refractivity contribution is 1.07. The molecular weight excluding hydrogens is 583 g/mol. The van der Waals surface area contributed by atoms with E-state index in [4.69, 9.17) is 15.0 Å². The molecule has 0 radical (unpaired) electrons. The number of aromatic nitrogens is 3. The molecule has 1 aromatic heterocycles. The summed E-state index contributed by atoms with van der Waals surface area (Å²) in [5.41, 5.74) is 11.8. The van der Waals surface area contributed by atoms with Crippen molar-refractivity contribution in [3.63, 3.8) is 0 Å². The van der Waals surface area contributed by atoms with Crippen molar-refractivity contribution >= 4 is 5.57 Å². The Hall–Kier alpha value is -6.19. The first kappa shape index (κ1) is 30.5. The van der Waals surface area contributed by atoms with Gasteiger partial charge in [-0.05, 0) is 94.8 Å². The molecule has 0 aliphatic heterocycles. The quantitative estimate of drug-likeness (QED) is 0.159. The van der Waals surface area contributed by atoms with Crippen molar-refractivity contribution in [1.82, 2.24) is 15.0 Å². The van der Waals surface area contributed by atoms with Crippen LogP contribution >= 0.6 is 0 Å². The topological polar surface area (TPSA) is 38.7 Å². The lowest BCUT2D eigenvalue weighted by atomic mass is 9.95. The van der Waals surface area contributed by atoms with Crippen LogP contribution in [0.4, 0.5) is 0 Å². The van der Waals surface area contributed by atoms with Gasteiger partial charge >= 0.3 is 0 Å². The monoisotopic (exact) mass is 617 g/mol. The Kier molecular flexibility index (Phi) is 8.93. The maximum absolute atomic E-state index is 5.22. The number of rotatable bonds is 8. The van der Waals surface area contributed by atoms with E-state index in [-0.39, 0.29) is 0 Å². The van der Waals surface area contributed by atoms with Crippen LogP contribution in [0, 0.1) is 0 Å². The highest BCUT2D eigenvalue weighted by Gasteiger charge is 2.16. The van der Waals surface area contributed by atoms with E-state index < -0.39 is 0 Å². The normalized spacial score (nSPS) is 11.6. The highest BCUT2D eigenvalue weighted by Crippen LogP contribution is 2.35. The molecule has 3 heteroatoms. The standard InChI is InChI=1S/C45H35N3/c1-3-17-32(4-2)37-26-38(33-18-9-5-10-19-33)29-41(28-37)44-46-43(36-24-15-8-16-25-36)47-45(48-44)42-30-39(34-20-11-6-12-21-34)27-40(31-42)35-22-13-7-14-23-35/h3-31H,1-2H3. The van der Waals surface area contributed by atoms with Crippen LogP contribution in [0.1, 0.15) is 19.4 Å². The van der Waals surface area contributed by atoms with E-state index in [1.807, 2.05) is 43.3 Å². The van der Waals surface area contributed by atoms with Crippen molar-refractivity contribution in [1.29, 1.82) is 0 Å². The first-order valence-corrected chi connectivity index (χ1v) is 16.3. The minimum absolute atomic E-state index is 0.625. The first-order chi connectivity index (χ1) is 23.7. The molecule has 7 rings (SSSR count). The Morgan fingerprint density at radius 1 is 0.375 bits per heavy atom. The van der Waals surface area contributed by atoms with E-state index in [2.05, 4.69) is 146 Å². The van der Waals surface area contributed by atoms with Gasteiger partial charge in [0.15, 0.2) is 17.5 Å². The molecule has 0 atom stereocenters. The summed E-state index contributed by atoms with van der Waals surface area (Å²) in [6.07, 6.45) is 6.35. The summed E-state index contributed by atoms with van der Waals surface area (Å²) in [6, 6.07) is 54.8. The lowest BCUT2D eigenvalue weighted by Crippen LogP contribution is -2.01. The minimum Gasteiger partial charge on any atom is -0.208 e. The molecule has 0 N–H and O–H groups in total. The Bertz CT molecular complexity index is 2160. The predicted molar refractivity (Wildman–Crippen MR) is 201 cm³/mol. The van der Waals surface area contributed by atoms with E-state index >= 15 is 0 Å². The van der Waals surface area contributed by atoms with Crippen LogP contribution in [0.2, 0.25) is 0 Å². The maximum atomic E-state index is 5.22. The summed E-state index contributed by atoms with van der Waals surface area (Å²) in [5, 5.41) is 0. The van der Waals surface area contributed by atoms with Crippen molar-refractivity contribution in [2.24, 2.45) is 0 Å². The minimum atomic E-state index is 0.625. The summed E-state index contributed by atoms with van der Waals surface area (Å²) < 4.78 is 0. The Balaban J connectivity index is 1.48. The van der Waals surface area contributed by atoms with Crippen molar-refractivity contribution in [3.8, 4) is 67.5 Å². The molecule has 7 aromatic rings. The van der Waals surface area contributed by atoms with Crippen molar-refractivity contribution < 1.29 is 0 Å². The van der Waals surface area contributed by atoms with Gasteiger partial charge in [0, 0.05) is 16.7 Å². The molecule has 3 nitrogen and oxygen atoms in total. The summed E-state index contributed by atoms with van der Waals surface area (Å²) in [4.78, 5) is 15.4. The molecule has 230 valence electrons. The summed E-state index contributed by atoms with van der Waals surface area (Å²) in [6.45, 7) is 4.12. The number of hydrogen-bond donors (Lipinski definition) is 0. The third kappa shape index (κ3) is 6.67. The number of nitrogens with zero attached hydrogens (tertiary/aromatic N) is 3. The van der Waals surface area contributed by atoms with Gasteiger partial charge in [0.1, 0.15) is 0 Å². The first-order valence-electron chi connectivity index (χ1n) is 16.3. The molecule has 0 saturated carbocycles. The summed E-state index contributed by atoms with van der Waals surface area (Å²) >= 11 is 0. The molecule has 48 heavy (non-hydrogen) atoms. The van der Waals surface area contributed by atoms with Crippen molar-refractivity contribution in [3.05, 3.63) is 182 Å². The second-order valence-corrected chi connectivity index (χ2v) is 11.6. The smallest absolute Gasteiger partial charge is 0.164 e. The third-order valence-corrected chi connectivity index (χ3v) is 8.36. The second-order valence-electron chi connectivity index (χ2n) is 11.6. The predicted octanol–water partition coefficient (Wildman–Crippen LogP) is 11.9. The van der Waals surface area contributed by atoms with Crippen LogP contribution in [0.15, 0.2) is 176 Å². The third-order valence-electron chi connectivity index (χ3n) is 8.36. The number of allylic oxidation sites excluding steroid dienone is 4. The van der Waals surface area contributed by atoms with Crippen LogP contribution in [0.25, 0.3) is 73.1 Å². The van der Waals surface area contributed by atoms with Crippen LogP contribution in [-0.2, 0) is 0 Å². The van der Waals surface area contributed by atoms with Crippen LogP contribution in [-0.4, -0.2) is 15.0 Å². The van der Waals surface area contributed by atoms with Gasteiger partial charge in [-0.15, -0.1) is 0 Å². The van der Waals surface area contributed by atoms with Crippen LogP contribution in [0.3, 0.4) is 0 Å². The summed E-state index contributed by atoms with van der Waals surface area (Å²) in [5.74, 6) is 1.88. The van der Waals surface area contributed by atoms with E-state index in [1.165, 1.54) is 0 Å². The van der Waals surface area contributed by atoms with Crippen LogP contribution in [0.5, 0.6) is 0 Å².